The van der Waals surface area contributed by atoms with Crippen LogP contribution in [0.3, 0.4) is 0 Å². The minimum atomic E-state index is -0.900. The van der Waals surface area contributed by atoms with Crippen LogP contribution in [0.15, 0.2) is 66.0 Å². The molecular weight excluding hydrogens is 374 g/mol. The Morgan fingerprint density at radius 3 is 2.39 bits per heavy atom. The maximum atomic E-state index is 12.3. The molecule has 1 amide bonds. The lowest BCUT2D eigenvalue weighted by atomic mass is 10.2. The van der Waals surface area contributed by atoms with Crippen molar-refractivity contribution in [3.63, 3.8) is 0 Å². The van der Waals surface area contributed by atoms with E-state index in [-0.39, 0.29) is 5.91 Å². The van der Waals surface area contributed by atoms with Gasteiger partial charge in [-0.1, -0.05) is 30.3 Å². The lowest BCUT2D eigenvalue weighted by Crippen LogP contribution is -2.29. The zero-order valence-electron chi connectivity index (χ0n) is 15.7. The van der Waals surface area contributed by atoms with E-state index in [0.717, 1.165) is 11.1 Å². The van der Waals surface area contributed by atoms with E-state index in [9.17, 15) is 9.59 Å². The lowest BCUT2D eigenvalue weighted by Gasteiger charge is -2.14. The second kappa shape index (κ2) is 9.19. The molecule has 0 bridgehead atoms. The number of hydrogen-bond acceptors (Lipinski definition) is 5. The summed E-state index contributed by atoms with van der Waals surface area (Å²) in [5.74, 6) is -0.171. The van der Waals surface area contributed by atoms with Crippen LogP contribution in [0.2, 0.25) is 0 Å². The molecule has 3 rings (SSSR count). The SMILES string of the molecule is Cc1ccsc1C(=O)O[C@H](C)C(=O)Nc1ccc(OCc2ccccc2)cc1. The van der Waals surface area contributed by atoms with Crippen LogP contribution in [0.1, 0.15) is 27.7 Å². The molecule has 1 aromatic heterocycles. The molecule has 6 heteroatoms. The zero-order chi connectivity index (χ0) is 19.9. The quantitative estimate of drug-likeness (QED) is 0.583. The number of esters is 1. The smallest absolute Gasteiger partial charge is 0.349 e. The standard InChI is InChI=1S/C22H21NO4S/c1-15-12-13-28-20(15)22(25)27-16(2)21(24)23-18-8-10-19(11-9-18)26-14-17-6-4-3-5-7-17/h3-13,16H,14H2,1-2H3,(H,23,24)/t16-/m1/s1. The number of benzene rings is 2. The van der Waals surface area contributed by atoms with E-state index in [1.807, 2.05) is 48.7 Å². The summed E-state index contributed by atoms with van der Waals surface area (Å²) in [5.41, 5.74) is 2.53. The first-order chi connectivity index (χ1) is 13.5. The van der Waals surface area contributed by atoms with Crippen molar-refractivity contribution in [3.05, 3.63) is 82.0 Å². The van der Waals surface area contributed by atoms with Crippen LogP contribution in [0, 0.1) is 6.92 Å². The van der Waals surface area contributed by atoms with Crippen LogP contribution in [0.25, 0.3) is 0 Å². The normalized spacial score (nSPS) is 11.5. The first-order valence-electron chi connectivity index (χ1n) is 8.85. The summed E-state index contributed by atoms with van der Waals surface area (Å²) in [5, 5.41) is 4.56. The largest absolute Gasteiger partial charge is 0.489 e. The van der Waals surface area contributed by atoms with Gasteiger partial charge < -0.3 is 14.8 Å². The number of nitrogens with one attached hydrogen (secondary N) is 1. The van der Waals surface area contributed by atoms with Crippen LogP contribution in [0.5, 0.6) is 5.75 Å². The number of carbonyl (C=O) groups is 2. The van der Waals surface area contributed by atoms with E-state index in [1.165, 1.54) is 11.3 Å². The number of hydrogen-bond donors (Lipinski definition) is 1. The molecule has 1 atom stereocenters. The van der Waals surface area contributed by atoms with Crippen molar-refractivity contribution >= 4 is 28.9 Å². The molecule has 144 valence electrons. The van der Waals surface area contributed by atoms with E-state index >= 15 is 0 Å². The van der Waals surface area contributed by atoms with Crippen LogP contribution in [-0.4, -0.2) is 18.0 Å². The highest BCUT2D eigenvalue weighted by Gasteiger charge is 2.20. The summed E-state index contributed by atoms with van der Waals surface area (Å²) in [7, 11) is 0. The molecule has 0 saturated carbocycles. The maximum absolute atomic E-state index is 12.3. The Balaban J connectivity index is 1.51. The number of carbonyl (C=O) groups excluding carboxylic acids is 2. The van der Waals surface area contributed by atoms with Gasteiger partial charge in [0, 0.05) is 5.69 Å². The fourth-order valence-electron chi connectivity index (χ4n) is 2.47. The van der Waals surface area contributed by atoms with Crippen LogP contribution in [0.4, 0.5) is 5.69 Å². The highest BCUT2D eigenvalue weighted by atomic mass is 32.1. The van der Waals surface area contributed by atoms with E-state index in [2.05, 4.69) is 5.32 Å². The Hall–Kier alpha value is -3.12. The average molecular weight is 395 g/mol. The predicted octanol–water partition coefficient (Wildman–Crippen LogP) is 4.82. The summed E-state index contributed by atoms with van der Waals surface area (Å²) in [6, 6.07) is 18.8. The Morgan fingerprint density at radius 1 is 1.04 bits per heavy atom. The van der Waals surface area contributed by atoms with Gasteiger partial charge in [0.1, 0.15) is 17.2 Å². The minimum absolute atomic E-state index is 0.388. The summed E-state index contributed by atoms with van der Waals surface area (Å²) in [6.07, 6.45) is -0.900. The highest BCUT2D eigenvalue weighted by Crippen LogP contribution is 2.19. The molecule has 28 heavy (non-hydrogen) atoms. The summed E-state index contributed by atoms with van der Waals surface area (Å²) >= 11 is 1.30. The van der Waals surface area contributed by atoms with Gasteiger partial charge in [-0.05, 0) is 60.7 Å². The number of rotatable bonds is 7. The third kappa shape index (κ3) is 5.20. The molecule has 0 unspecified atom stereocenters. The summed E-state index contributed by atoms with van der Waals surface area (Å²) in [4.78, 5) is 24.9. The number of amides is 1. The molecule has 5 nitrogen and oxygen atoms in total. The van der Waals surface area contributed by atoms with Gasteiger partial charge in [0.15, 0.2) is 6.10 Å². The van der Waals surface area contributed by atoms with Crippen molar-refractivity contribution < 1.29 is 19.1 Å². The summed E-state index contributed by atoms with van der Waals surface area (Å²) < 4.78 is 11.0. The van der Waals surface area contributed by atoms with Gasteiger partial charge in [-0.3, -0.25) is 4.79 Å². The number of anilines is 1. The molecule has 0 saturated heterocycles. The van der Waals surface area contributed by atoms with Gasteiger partial charge in [0.05, 0.1) is 0 Å². The molecule has 1 N–H and O–H groups in total. The highest BCUT2D eigenvalue weighted by molar-refractivity contribution is 7.12. The third-order valence-electron chi connectivity index (χ3n) is 4.07. The second-order valence-corrected chi connectivity index (χ2v) is 7.18. The van der Waals surface area contributed by atoms with E-state index < -0.39 is 12.1 Å². The van der Waals surface area contributed by atoms with Gasteiger partial charge in [0.25, 0.3) is 5.91 Å². The lowest BCUT2D eigenvalue weighted by molar-refractivity contribution is -0.123. The molecule has 0 aliphatic rings. The van der Waals surface area contributed by atoms with Crippen molar-refractivity contribution in [1.29, 1.82) is 0 Å². The fourth-order valence-corrected chi connectivity index (χ4v) is 3.28. The molecule has 0 fully saturated rings. The van der Waals surface area contributed by atoms with Gasteiger partial charge in [-0.25, -0.2) is 4.79 Å². The second-order valence-electron chi connectivity index (χ2n) is 6.27. The van der Waals surface area contributed by atoms with Crippen LogP contribution >= 0.6 is 11.3 Å². The van der Waals surface area contributed by atoms with E-state index in [1.54, 1.807) is 31.2 Å². The average Bonchev–Trinajstić information content (AvgIpc) is 3.14. The Labute approximate surface area is 167 Å². The maximum Gasteiger partial charge on any atom is 0.349 e. The van der Waals surface area contributed by atoms with Gasteiger partial charge in [-0.2, -0.15) is 0 Å². The van der Waals surface area contributed by atoms with Crippen molar-refractivity contribution in [2.24, 2.45) is 0 Å². The molecule has 2 aromatic carbocycles. The molecule has 0 radical (unpaired) electrons. The van der Waals surface area contributed by atoms with Crippen LogP contribution < -0.4 is 10.1 Å². The molecule has 1 heterocycles. The number of aryl methyl sites for hydroxylation is 1. The number of thiophene rings is 1. The zero-order valence-corrected chi connectivity index (χ0v) is 16.5. The minimum Gasteiger partial charge on any atom is -0.489 e. The Kier molecular flexibility index (Phi) is 6.45. The van der Waals surface area contributed by atoms with Crippen molar-refractivity contribution in [2.45, 2.75) is 26.6 Å². The van der Waals surface area contributed by atoms with E-state index in [4.69, 9.17) is 9.47 Å². The van der Waals surface area contributed by atoms with Gasteiger partial charge >= 0.3 is 5.97 Å². The van der Waals surface area contributed by atoms with Crippen molar-refractivity contribution in [2.75, 3.05) is 5.32 Å². The van der Waals surface area contributed by atoms with E-state index in [0.29, 0.717) is 22.9 Å². The fraction of sp³-hybridized carbons (Fsp3) is 0.182. The molecule has 0 spiro atoms. The topological polar surface area (TPSA) is 64.6 Å². The van der Waals surface area contributed by atoms with Gasteiger partial charge in [-0.15, -0.1) is 11.3 Å². The first-order valence-corrected chi connectivity index (χ1v) is 9.73. The Bertz CT molecular complexity index is 935. The molecule has 0 aliphatic heterocycles. The van der Waals surface area contributed by atoms with Gasteiger partial charge in [0.2, 0.25) is 0 Å². The van der Waals surface area contributed by atoms with Crippen molar-refractivity contribution in [3.8, 4) is 5.75 Å². The predicted molar refractivity (Wildman–Crippen MR) is 110 cm³/mol. The van der Waals surface area contributed by atoms with Crippen molar-refractivity contribution in [1.82, 2.24) is 0 Å². The molecule has 3 aromatic rings. The Morgan fingerprint density at radius 2 is 1.75 bits per heavy atom. The summed E-state index contributed by atoms with van der Waals surface area (Å²) in [6.45, 7) is 3.86. The first kappa shape index (κ1) is 19.6. The third-order valence-corrected chi connectivity index (χ3v) is 5.07. The monoisotopic (exact) mass is 395 g/mol. The number of ether oxygens (including phenoxy) is 2. The molecule has 0 aliphatic carbocycles. The van der Waals surface area contributed by atoms with Crippen LogP contribution in [-0.2, 0) is 16.1 Å². The molecular formula is C22H21NO4S.